The highest BCUT2D eigenvalue weighted by atomic mass is 16.1. The van der Waals surface area contributed by atoms with Crippen molar-refractivity contribution < 1.29 is 0 Å². The van der Waals surface area contributed by atoms with Gasteiger partial charge < -0.3 is 14.5 Å². The molecular weight excluding hydrogens is 316 g/mol. The number of nitrogens with one attached hydrogen (secondary N) is 1. The molecule has 0 saturated carbocycles. The van der Waals surface area contributed by atoms with Gasteiger partial charge >= 0.3 is 0 Å². The van der Waals surface area contributed by atoms with Crippen molar-refractivity contribution in [3.8, 4) is 6.07 Å². The van der Waals surface area contributed by atoms with Crippen LogP contribution in [0.5, 0.6) is 0 Å². The molecule has 2 aromatic heterocycles. The molecule has 6 heteroatoms. The Morgan fingerprint density at radius 1 is 1.16 bits per heavy atom. The van der Waals surface area contributed by atoms with Crippen LogP contribution < -0.4 is 11.1 Å². The van der Waals surface area contributed by atoms with Crippen LogP contribution >= 0.6 is 0 Å². The highest BCUT2D eigenvalue weighted by molar-refractivity contribution is 5.78. The maximum absolute atomic E-state index is 12.8. The van der Waals surface area contributed by atoms with E-state index in [-0.39, 0.29) is 11.1 Å². The maximum atomic E-state index is 12.8. The van der Waals surface area contributed by atoms with E-state index >= 15 is 0 Å². The van der Waals surface area contributed by atoms with Crippen molar-refractivity contribution in [3.05, 3.63) is 80.0 Å². The Morgan fingerprint density at radius 3 is 2.56 bits per heavy atom. The molecule has 126 valence electrons. The van der Waals surface area contributed by atoms with Gasteiger partial charge in [-0.3, -0.25) is 9.59 Å². The van der Waals surface area contributed by atoms with Crippen LogP contribution in [0.15, 0.2) is 52.2 Å². The van der Waals surface area contributed by atoms with Crippen molar-refractivity contribution in [2.45, 2.75) is 13.1 Å². The van der Waals surface area contributed by atoms with Gasteiger partial charge in [-0.25, -0.2) is 0 Å². The van der Waals surface area contributed by atoms with Gasteiger partial charge in [-0.2, -0.15) is 5.26 Å². The molecule has 1 aromatic carbocycles. The maximum Gasteiger partial charge on any atom is 0.266 e. The van der Waals surface area contributed by atoms with Crippen molar-refractivity contribution in [3.63, 3.8) is 0 Å². The second-order valence-electron chi connectivity index (χ2n) is 6.21. The molecule has 0 spiro atoms. The second kappa shape index (κ2) is 6.75. The van der Waals surface area contributed by atoms with Crippen LogP contribution in [0.3, 0.4) is 0 Å². The van der Waals surface area contributed by atoms with E-state index in [0.29, 0.717) is 17.4 Å². The molecule has 1 N–H and O–H groups in total. The summed E-state index contributed by atoms with van der Waals surface area (Å²) in [6.07, 6.45) is 1.67. The van der Waals surface area contributed by atoms with Gasteiger partial charge in [0.25, 0.3) is 11.1 Å². The SMILES string of the molecule is CN(C)Cc1ccccc1Cn1ccc2[nH]c(=O)c(C#N)cc2c1=O. The number of nitriles is 1. The minimum absolute atomic E-state index is 0.0599. The van der Waals surface area contributed by atoms with Gasteiger partial charge in [0.1, 0.15) is 11.6 Å². The molecule has 0 unspecified atom stereocenters. The molecule has 0 amide bonds. The number of benzene rings is 1. The number of fused-ring (bicyclic) bond motifs is 1. The van der Waals surface area contributed by atoms with Crippen molar-refractivity contribution in [2.75, 3.05) is 14.1 Å². The number of aromatic amines is 1. The molecule has 0 aliphatic rings. The average molecular weight is 334 g/mol. The molecule has 0 radical (unpaired) electrons. The van der Waals surface area contributed by atoms with E-state index in [4.69, 9.17) is 5.26 Å². The summed E-state index contributed by atoms with van der Waals surface area (Å²) in [4.78, 5) is 29.1. The van der Waals surface area contributed by atoms with Gasteiger partial charge in [0.15, 0.2) is 0 Å². The molecule has 25 heavy (non-hydrogen) atoms. The highest BCUT2D eigenvalue weighted by Gasteiger charge is 2.09. The number of hydrogen-bond acceptors (Lipinski definition) is 4. The quantitative estimate of drug-likeness (QED) is 0.787. The first kappa shape index (κ1) is 16.7. The molecule has 0 fully saturated rings. The monoisotopic (exact) mass is 334 g/mol. The van der Waals surface area contributed by atoms with E-state index in [1.165, 1.54) is 6.07 Å². The standard InChI is InChI=1S/C19H18N4O2/c1-22(2)11-13-5-3-4-6-14(13)12-23-8-7-17-16(19(23)25)9-15(10-20)18(24)21-17/h3-9H,11-12H2,1-2H3,(H,21,24). The largest absolute Gasteiger partial charge is 0.321 e. The van der Waals surface area contributed by atoms with E-state index in [9.17, 15) is 9.59 Å². The highest BCUT2D eigenvalue weighted by Crippen LogP contribution is 2.13. The summed E-state index contributed by atoms with van der Waals surface area (Å²) in [6, 6.07) is 12.8. The zero-order chi connectivity index (χ0) is 18.0. The van der Waals surface area contributed by atoms with Crippen LogP contribution in [0.1, 0.15) is 16.7 Å². The molecule has 0 saturated heterocycles. The average Bonchev–Trinajstić information content (AvgIpc) is 2.58. The Morgan fingerprint density at radius 2 is 1.88 bits per heavy atom. The third kappa shape index (κ3) is 3.37. The zero-order valence-corrected chi connectivity index (χ0v) is 14.1. The fraction of sp³-hybridized carbons (Fsp3) is 0.211. The van der Waals surface area contributed by atoms with E-state index in [1.54, 1.807) is 16.8 Å². The van der Waals surface area contributed by atoms with Gasteiger partial charge in [0.2, 0.25) is 0 Å². The van der Waals surface area contributed by atoms with Crippen LogP contribution in [0.4, 0.5) is 0 Å². The predicted octanol–water partition coefficient (Wildman–Crippen LogP) is 1.67. The third-order valence-corrected chi connectivity index (χ3v) is 4.05. The third-order valence-electron chi connectivity index (χ3n) is 4.05. The summed E-state index contributed by atoms with van der Waals surface area (Å²) in [5, 5.41) is 9.35. The van der Waals surface area contributed by atoms with Crippen molar-refractivity contribution in [2.24, 2.45) is 0 Å². The zero-order valence-electron chi connectivity index (χ0n) is 14.1. The minimum atomic E-state index is -0.483. The predicted molar refractivity (Wildman–Crippen MR) is 96.5 cm³/mol. The van der Waals surface area contributed by atoms with Crippen LogP contribution in [-0.2, 0) is 13.1 Å². The Labute approximate surface area is 144 Å². The lowest BCUT2D eigenvalue weighted by Crippen LogP contribution is -2.23. The van der Waals surface area contributed by atoms with E-state index in [2.05, 4.69) is 9.88 Å². The molecule has 3 aromatic rings. The number of H-pyrrole nitrogens is 1. The molecule has 0 bridgehead atoms. The summed E-state index contributed by atoms with van der Waals surface area (Å²) in [7, 11) is 4.00. The lowest BCUT2D eigenvalue weighted by molar-refractivity contribution is 0.400. The Balaban J connectivity index is 2.08. The summed E-state index contributed by atoms with van der Waals surface area (Å²) in [5.74, 6) is 0. The molecule has 3 rings (SSSR count). The summed E-state index contributed by atoms with van der Waals surface area (Å²) >= 11 is 0. The first-order valence-corrected chi connectivity index (χ1v) is 7.87. The van der Waals surface area contributed by atoms with Crippen LogP contribution in [0.2, 0.25) is 0 Å². The van der Waals surface area contributed by atoms with Gasteiger partial charge in [-0.1, -0.05) is 24.3 Å². The topological polar surface area (TPSA) is 81.9 Å². The summed E-state index contributed by atoms with van der Waals surface area (Å²) in [5.41, 5.74) is 1.87. The Hall–Kier alpha value is -3.17. The van der Waals surface area contributed by atoms with Crippen LogP contribution in [0.25, 0.3) is 10.9 Å². The molecule has 0 aliphatic heterocycles. The number of aromatic nitrogens is 2. The molecule has 6 nitrogen and oxygen atoms in total. The van der Waals surface area contributed by atoms with Crippen LogP contribution in [-0.4, -0.2) is 28.5 Å². The normalized spacial score (nSPS) is 11.0. The van der Waals surface area contributed by atoms with Gasteiger partial charge in [-0.05, 0) is 37.4 Å². The van der Waals surface area contributed by atoms with Crippen molar-refractivity contribution in [1.29, 1.82) is 5.26 Å². The van der Waals surface area contributed by atoms with Gasteiger partial charge in [0, 0.05) is 12.7 Å². The number of pyridine rings is 2. The first-order chi connectivity index (χ1) is 12.0. The molecule has 0 atom stereocenters. The fourth-order valence-corrected chi connectivity index (χ4v) is 2.84. The lowest BCUT2D eigenvalue weighted by Gasteiger charge is -2.15. The fourth-order valence-electron chi connectivity index (χ4n) is 2.84. The Bertz CT molecular complexity index is 1090. The second-order valence-corrected chi connectivity index (χ2v) is 6.21. The molecule has 0 aliphatic carbocycles. The first-order valence-electron chi connectivity index (χ1n) is 7.87. The minimum Gasteiger partial charge on any atom is -0.321 e. The Kier molecular flexibility index (Phi) is 4.50. The number of hydrogen-bond donors (Lipinski definition) is 1. The van der Waals surface area contributed by atoms with Gasteiger partial charge in [-0.15, -0.1) is 0 Å². The van der Waals surface area contributed by atoms with Crippen molar-refractivity contribution >= 4 is 10.9 Å². The lowest BCUT2D eigenvalue weighted by atomic mass is 10.1. The smallest absolute Gasteiger partial charge is 0.266 e. The van der Waals surface area contributed by atoms with E-state index < -0.39 is 5.56 Å². The van der Waals surface area contributed by atoms with E-state index in [1.807, 2.05) is 44.4 Å². The van der Waals surface area contributed by atoms with Gasteiger partial charge in [0.05, 0.1) is 17.4 Å². The van der Waals surface area contributed by atoms with E-state index in [0.717, 1.165) is 17.7 Å². The number of nitrogens with zero attached hydrogens (tertiary/aromatic N) is 3. The number of rotatable bonds is 4. The summed E-state index contributed by atoms with van der Waals surface area (Å²) < 4.78 is 1.59. The van der Waals surface area contributed by atoms with Crippen LogP contribution in [0, 0.1) is 11.3 Å². The molecular formula is C19H18N4O2. The summed E-state index contributed by atoms with van der Waals surface area (Å²) in [6.45, 7) is 1.21. The molecule has 2 heterocycles. The van der Waals surface area contributed by atoms with Crippen molar-refractivity contribution in [1.82, 2.24) is 14.5 Å².